The van der Waals surface area contributed by atoms with Crippen molar-refractivity contribution in [1.82, 2.24) is 0 Å². The maximum absolute atomic E-state index is 10.1. The van der Waals surface area contributed by atoms with Gasteiger partial charge >= 0.3 is 0 Å². The van der Waals surface area contributed by atoms with Crippen LogP contribution in [0.15, 0.2) is 48.5 Å². The molecular weight excluding hydrogens is 298 g/mol. The van der Waals surface area contributed by atoms with Gasteiger partial charge in [-0.3, -0.25) is 4.21 Å². The van der Waals surface area contributed by atoms with E-state index in [0.717, 1.165) is 23.1 Å². The molecule has 1 unspecified atom stereocenters. The van der Waals surface area contributed by atoms with Crippen LogP contribution >= 0.6 is 0 Å². The minimum Gasteiger partial charge on any atom is -0.773 e. The summed E-state index contributed by atoms with van der Waals surface area (Å²) in [6.45, 7) is 0. The molecule has 0 bridgehead atoms. The van der Waals surface area contributed by atoms with E-state index >= 15 is 0 Å². The van der Waals surface area contributed by atoms with Crippen LogP contribution in [-0.2, 0) is 11.1 Å². The quantitative estimate of drug-likeness (QED) is 0.697. The molecule has 1 N–H and O–H groups in total. The average molecular weight is 318 g/mol. The van der Waals surface area contributed by atoms with Gasteiger partial charge in [-0.1, -0.05) is 65.7 Å². The highest BCUT2D eigenvalue weighted by atomic mass is 32.2. The summed E-state index contributed by atoms with van der Waals surface area (Å²) in [5.74, 6) is 0.315. The smallest absolute Gasteiger partial charge is 0.146 e. The van der Waals surface area contributed by atoms with Gasteiger partial charge in [0.1, 0.15) is 5.75 Å². The number of aromatic hydroxyl groups is 1. The van der Waals surface area contributed by atoms with E-state index in [9.17, 15) is 5.11 Å². The van der Waals surface area contributed by atoms with Crippen molar-refractivity contribution in [3.05, 3.63) is 59.7 Å². The molecule has 4 nitrogen and oxygen atoms in total. The molecule has 118 valence electrons. The molecular formula is C17H20NO3S-. The number of anilines is 1. The summed E-state index contributed by atoms with van der Waals surface area (Å²) in [5.41, 5.74) is 2.77. The second-order valence-corrected chi connectivity index (χ2v) is 5.56. The zero-order valence-corrected chi connectivity index (χ0v) is 13.7. The molecule has 5 heteroatoms. The first-order valence-electron chi connectivity index (χ1n) is 6.65. The lowest BCUT2D eigenvalue weighted by Gasteiger charge is -2.15. The maximum Gasteiger partial charge on any atom is 0.146 e. The lowest BCUT2D eigenvalue weighted by atomic mass is 10.1. The van der Waals surface area contributed by atoms with E-state index in [1.165, 1.54) is 0 Å². The van der Waals surface area contributed by atoms with Gasteiger partial charge in [-0.2, -0.15) is 0 Å². The normalized spacial score (nSPS) is 11.6. The molecule has 0 spiro atoms. The van der Waals surface area contributed by atoms with Crippen molar-refractivity contribution in [3.8, 4) is 5.75 Å². The number of hydrogen-bond donors (Lipinski definition) is 1. The Hall–Kier alpha value is -2.11. The van der Waals surface area contributed by atoms with Crippen LogP contribution in [0.5, 0.6) is 5.75 Å². The maximum atomic E-state index is 10.1. The standard InChI is InChI=1S/C16H17NO.CH4O2S/c1-17(2)15-10-6-9-14(16(15)18)12-11-13-7-4-3-5-8-13;1-4(2)3/h3-12,18H,1-2H3;1H3,(H,2,3)/p-1/b12-11+;. The summed E-state index contributed by atoms with van der Waals surface area (Å²) in [7, 11) is 3.83. The third-order valence-electron chi connectivity index (χ3n) is 2.78. The summed E-state index contributed by atoms with van der Waals surface area (Å²) in [5, 5.41) is 10.1. The molecule has 0 saturated heterocycles. The molecule has 2 rings (SSSR count). The number of nitrogens with zero attached hydrogens (tertiary/aromatic N) is 1. The molecule has 0 radical (unpaired) electrons. The van der Waals surface area contributed by atoms with Crippen LogP contribution in [0.3, 0.4) is 0 Å². The number of hydrogen-bond acceptors (Lipinski definition) is 4. The molecule has 0 saturated carbocycles. The first kappa shape index (κ1) is 17.9. The van der Waals surface area contributed by atoms with Crippen molar-refractivity contribution in [2.75, 3.05) is 25.3 Å². The zero-order valence-electron chi connectivity index (χ0n) is 12.9. The van der Waals surface area contributed by atoms with Crippen LogP contribution < -0.4 is 4.90 Å². The SMILES string of the molecule is CN(C)c1cccc(/C=C/c2ccccc2)c1O.CS(=O)[O-]. The van der Waals surface area contributed by atoms with Crippen molar-refractivity contribution in [2.24, 2.45) is 0 Å². The highest BCUT2D eigenvalue weighted by molar-refractivity contribution is 7.78. The van der Waals surface area contributed by atoms with Crippen molar-refractivity contribution in [2.45, 2.75) is 0 Å². The van der Waals surface area contributed by atoms with Crippen LogP contribution in [0.1, 0.15) is 11.1 Å². The summed E-state index contributed by atoms with van der Waals surface area (Å²) in [6, 6.07) is 15.8. The first-order valence-corrected chi connectivity index (χ1v) is 8.13. The van der Waals surface area contributed by atoms with Gasteiger partial charge in [0.25, 0.3) is 0 Å². The molecule has 0 aliphatic rings. The molecule has 0 aliphatic carbocycles. The fourth-order valence-electron chi connectivity index (χ4n) is 1.79. The highest BCUT2D eigenvalue weighted by Gasteiger charge is 2.05. The second-order valence-electron chi connectivity index (χ2n) is 4.75. The van der Waals surface area contributed by atoms with E-state index in [2.05, 4.69) is 0 Å². The van der Waals surface area contributed by atoms with E-state index in [-0.39, 0.29) is 0 Å². The Morgan fingerprint density at radius 2 is 1.64 bits per heavy atom. The summed E-state index contributed by atoms with van der Waals surface area (Å²) >= 11 is -1.86. The summed E-state index contributed by atoms with van der Waals surface area (Å²) in [6.07, 6.45) is 5.01. The number of para-hydroxylation sites is 1. The second kappa shape index (κ2) is 9.02. The third-order valence-corrected chi connectivity index (χ3v) is 2.78. The van der Waals surface area contributed by atoms with Crippen LogP contribution in [0.25, 0.3) is 12.2 Å². The van der Waals surface area contributed by atoms with Gasteiger partial charge in [-0.15, -0.1) is 0 Å². The molecule has 0 aliphatic heterocycles. The number of phenols is 1. The lowest BCUT2D eigenvalue weighted by molar-refractivity contribution is 0.474. The minimum atomic E-state index is -1.86. The zero-order chi connectivity index (χ0) is 16.5. The van der Waals surface area contributed by atoms with Crippen LogP contribution in [0.2, 0.25) is 0 Å². The fourth-order valence-corrected chi connectivity index (χ4v) is 1.79. The topological polar surface area (TPSA) is 63.6 Å². The predicted molar refractivity (Wildman–Crippen MR) is 92.6 cm³/mol. The number of rotatable bonds is 3. The fraction of sp³-hybridized carbons (Fsp3) is 0.176. The Balaban J connectivity index is 0.000000541. The lowest BCUT2D eigenvalue weighted by Crippen LogP contribution is -2.08. The molecule has 0 fully saturated rings. The summed E-state index contributed by atoms with van der Waals surface area (Å²) < 4.78 is 18.0. The number of benzene rings is 2. The van der Waals surface area contributed by atoms with Crippen molar-refractivity contribution >= 4 is 28.9 Å². The molecule has 2 aromatic carbocycles. The van der Waals surface area contributed by atoms with Crippen LogP contribution in [0.4, 0.5) is 5.69 Å². The minimum absolute atomic E-state index is 0.315. The third kappa shape index (κ3) is 6.11. The predicted octanol–water partition coefficient (Wildman–Crippen LogP) is 3.12. The van der Waals surface area contributed by atoms with E-state index in [1.54, 1.807) is 0 Å². The van der Waals surface area contributed by atoms with Gasteiger partial charge in [-0.25, -0.2) is 0 Å². The molecule has 0 aromatic heterocycles. The van der Waals surface area contributed by atoms with E-state index in [0.29, 0.717) is 5.75 Å². The molecule has 22 heavy (non-hydrogen) atoms. The number of phenolic OH excluding ortho intramolecular Hbond substituents is 1. The molecule has 0 heterocycles. The van der Waals surface area contributed by atoms with Crippen molar-refractivity contribution < 1.29 is 13.9 Å². The molecule has 1 atom stereocenters. The Morgan fingerprint density at radius 1 is 1.05 bits per heavy atom. The summed E-state index contributed by atoms with van der Waals surface area (Å²) in [4.78, 5) is 1.90. The van der Waals surface area contributed by atoms with Gasteiger partial charge in [0.15, 0.2) is 0 Å². The van der Waals surface area contributed by atoms with E-state index in [4.69, 9.17) is 8.76 Å². The largest absolute Gasteiger partial charge is 0.773 e. The van der Waals surface area contributed by atoms with Crippen LogP contribution in [-0.4, -0.2) is 34.2 Å². The van der Waals surface area contributed by atoms with Gasteiger partial charge in [0.2, 0.25) is 0 Å². The van der Waals surface area contributed by atoms with Gasteiger partial charge < -0.3 is 14.6 Å². The van der Waals surface area contributed by atoms with Crippen molar-refractivity contribution in [1.29, 1.82) is 0 Å². The molecule has 2 aromatic rings. The van der Waals surface area contributed by atoms with Crippen LogP contribution in [0, 0.1) is 0 Å². The first-order chi connectivity index (χ1) is 10.4. The molecule has 0 amide bonds. The van der Waals surface area contributed by atoms with Crippen molar-refractivity contribution in [3.63, 3.8) is 0 Å². The Morgan fingerprint density at radius 3 is 2.18 bits per heavy atom. The average Bonchev–Trinajstić information content (AvgIpc) is 2.46. The van der Waals surface area contributed by atoms with E-state index in [1.807, 2.05) is 79.7 Å². The Kier molecular flexibility index (Phi) is 7.36. The van der Waals surface area contributed by atoms with Gasteiger partial charge in [0, 0.05) is 19.7 Å². The highest BCUT2D eigenvalue weighted by Crippen LogP contribution is 2.30. The van der Waals surface area contributed by atoms with Gasteiger partial charge in [0.05, 0.1) is 5.69 Å². The van der Waals surface area contributed by atoms with E-state index < -0.39 is 11.1 Å². The Labute approximate surface area is 134 Å². The Bertz CT molecular complexity index is 636. The van der Waals surface area contributed by atoms with Gasteiger partial charge in [-0.05, 0) is 17.9 Å². The monoisotopic (exact) mass is 318 g/mol.